The second-order valence-corrected chi connectivity index (χ2v) is 9.18. The van der Waals surface area contributed by atoms with Gasteiger partial charge in [-0.25, -0.2) is 14.0 Å². The van der Waals surface area contributed by atoms with Crippen molar-refractivity contribution in [3.05, 3.63) is 53.5 Å². The van der Waals surface area contributed by atoms with E-state index in [4.69, 9.17) is 4.74 Å². The molecular weight excluding hydrogens is 413 g/mol. The van der Waals surface area contributed by atoms with Crippen molar-refractivity contribution in [1.82, 2.24) is 14.7 Å². The highest BCUT2D eigenvalue weighted by Gasteiger charge is 2.31. The highest BCUT2D eigenvalue weighted by atomic mass is 19.1. The Balaban J connectivity index is 1.75. The zero-order valence-corrected chi connectivity index (χ0v) is 18.6. The maximum absolute atomic E-state index is 13.8. The Hall–Kier alpha value is -3.42. The molecule has 4 rings (SSSR count). The van der Waals surface area contributed by atoms with Gasteiger partial charge in [-0.2, -0.15) is 5.10 Å². The van der Waals surface area contributed by atoms with Crippen LogP contribution in [0.4, 0.5) is 9.18 Å². The van der Waals surface area contributed by atoms with Crippen LogP contribution in [-0.4, -0.2) is 50.5 Å². The van der Waals surface area contributed by atoms with Gasteiger partial charge < -0.3 is 14.7 Å². The van der Waals surface area contributed by atoms with E-state index in [1.54, 1.807) is 15.8 Å². The molecule has 0 spiro atoms. The SMILES string of the molecule is Cn1ncc2c(-c3ccc(F)cc3C(=O)O)cc(C3CCN(C(=O)OC(C)(C)C)C3)cc21. The average molecular weight is 439 g/mol. The summed E-state index contributed by atoms with van der Waals surface area (Å²) in [6.07, 6.45) is 2.11. The monoisotopic (exact) mass is 439 g/mol. The number of halogens is 1. The van der Waals surface area contributed by atoms with Gasteiger partial charge in [-0.1, -0.05) is 6.07 Å². The molecule has 1 fully saturated rings. The van der Waals surface area contributed by atoms with Crippen molar-refractivity contribution in [2.24, 2.45) is 7.05 Å². The van der Waals surface area contributed by atoms with Gasteiger partial charge in [-0.05, 0) is 68.1 Å². The van der Waals surface area contributed by atoms with Crippen molar-refractivity contribution < 1.29 is 23.8 Å². The number of amides is 1. The lowest BCUT2D eigenvalue weighted by Crippen LogP contribution is -2.35. The van der Waals surface area contributed by atoms with Crippen LogP contribution in [0.3, 0.4) is 0 Å². The van der Waals surface area contributed by atoms with Gasteiger partial charge in [0.05, 0.1) is 17.3 Å². The van der Waals surface area contributed by atoms with Crippen molar-refractivity contribution in [3.63, 3.8) is 0 Å². The van der Waals surface area contributed by atoms with Crippen molar-refractivity contribution in [3.8, 4) is 11.1 Å². The van der Waals surface area contributed by atoms with Crippen LogP contribution in [0.2, 0.25) is 0 Å². The lowest BCUT2D eigenvalue weighted by atomic mass is 9.90. The number of carboxylic acid groups (broad SMARTS) is 1. The second-order valence-electron chi connectivity index (χ2n) is 9.18. The van der Waals surface area contributed by atoms with Crippen LogP contribution in [0.1, 0.15) is 49.0 Å². The first-order valence-electron chi connectivity index (χ1n) is 10.5. The molecule has 2 heterocycles. The number of fused-ring (bicyclic) bond motifs is 1. The van der Waals surface area contributed by atoms with Gasteiger partial charge in [0, 0.05) is 31.4 Å². The third-order valence-corrected chi connectivity index (χ3v) is 5.70. The summed E-state index contributed by atoms with van der Waals surface area (Å²) in [5.41, 5.74) is 2.26. The standard InChI is InChI=1S/C24H26FN3O4/c1-24(2,3)32-23(31)28-8-7-14(13-28)15-9-18(20-12-26-27(4)21(20)10-15)17-6-5-16(25)11-19(17)22(29)30/h5-6,9-12,14H,7-8,13H2,1-4H3,(H,29,30). The third kappa shape index (κ3) is 4.17. The molecule has 1 amide bonds. The number of rotatable bonds is 3. The number of carboxylic acids is 1. The van der Waals surface area contributed by atoms with Gasteiger partial charge in [0.15, 0.2) is 0 Å². The summed E-state index contributed by atoms with van der Waals surface area (Å²) in [6.45, 7) is 6.60. The minimum atomic E-state index is -1.20. The molecule has 1 saturated heterocycles. The number of aromatic nitrogens is 2. The number of aromatic carboxylic acids is 1. The summed E-state index contributed by atoms with van der Waals surface area (Å²) in [6, 6.07) is 7.75. The summed E-state index contributed by atoms with van der Waals surface area (Å²) < 4.78 is 21.0. The average Bonchev–Trinajstić information content (AvgIpc) is 3.34. The van der Waals surface area contributed by atoms with E-state index in [9.17, 15) is 19.1 Å². The van der Waals surface area contributed by atoms with E-state index in [1.165, 1.54) is 12.1 Å². The van der Waals surface area contributed by atoms with Crippen molar-refractivity contribution >= 4 is 23.0 Å². The van der Waals surface area contributed by atoms with E-state index in [1.807, 2.05) is 40.0 Å². The molecule has 0 bridgehead atoms. The number of hydrogen-bond acceptors (Lipinski definition) is 4. The van der Waals surface area contributed by atoms with Crippen LogP contribution in [-0.2, 0) is 11.8 Å². The van der Waals surface area contributed by atoms with E-state index in [-0.39, 0.29) is 17.6 Å². The van der Waals surface area contributed by atoms with E-state index in [2.05, 4.69) is 5.10 Å². The molecule has 1 aromatic heterocycles. The van der Waals surface area contributed by atoms with Crippen molar-refractivity contribution in [2.45, 2.75) is 38.7 Å². The molecule has 0 saturated carbocycles. The molecule has 0 aliphatic carbocycles. The zero-order chi connectivity index (χ0) is 23.2. The first-order chi connectivity index (χ1) is 15.0. The lowest BCUT2D eigenvalue weighted by Gasteiger charge is -2.24. The van der Waals surface area contributed by atoms with Crippen molar-refractivity contribution in [2.75, 3.05) is 13.1 Å². The van der Waals surface area contributed by atoms with E-state index in [0.717, 1.165) is 29.0 Å². The number of nitrogens with zero attached hydrogens (tertiary/aromatic N) is 3. The Bertz CT molecular complexity index is 1210. The smallest absolute Gasteiger partial charge is 0.410 e. The molecule has 8 heteroatoms. The molecule has 1 aliphatic heterocycles. The fourth-order valence-electron chi connectivity index (χ4n) is 4.18. The van der Waals surface area contributed by atoms with Crippen LogP contribution < -0.4 is 0 Å². The Morgan fingerprint density at radius 2 is 1.94 bits per heavy atom. The largest absolute Gasteiger partial charge is 0.478 e. The fraction of sp³-hybridized carbons (Fsp3) is 0.375. The van der Waals surface area contributed by atoms with Crippen LogP contribution >= 0.6 is 0 Å². The van der Waals surface area contributed by atoms with Gasteiger partial charge in [0.25, 0.3) is 0 Å². The molecular formula is C24H26FN3O4. The third-order valence-electron chi connectivity index (χ3n) is 5.70. The first kappa shape index (κ1) is 21.8. The molecule has 0 radical (unpaired) electrons. The summed E-state index contributed by atoms with van der Waals surface area (Å²) in [5.74, 6) is -1.73. The molecule has 1 N–H and O–H groups in total. The number of carbonyl (C=O) groups excluding carboxylic acids is 1. The summed E-state index contributed by atoms with van der Waals surface area (Å²) in [4.78, 5) is 26.0. The Labute approximate surface area is 185 Å². The Kier molecular flexibility index (Phi) is 5.40. The lowest BCUT2D eigenvalue weighted by molar-refractivity contribution is 0.0292. The number of ether oxygens (including phenoxy) is 1. The topological polar surface area (TPSA) is 84.7 Å². The maximum atomic E-state index is 13.8. The maximum Gasteiger partial charge on any atom is 0.410 e. The quantitative estimate of drug-likeness (QED) is 0.634. The molecule has 3 aromatic rings. The van der Waals surface area contributed by atoms with Gasteiger partial charge >= 0.3 is 12.1 Å². The van der Waals surface area contributed by atoms with Crippen LogP contribution in [0.15, 0.2) is 36.5 Å². The first-order valence-corrected chi connectivity index (χ1v) is 10.5. The zero-order valence-electron chi connectivity index (χ0n) is 18.6. The van der Waals surface area contributed by atoms with E-state index >= 15 is 0 Å². The number of carbonyl (C=O) groups is 2. The normalized spacial score (nSPS) is 16.5. The number of aryl methyl sites for hydroxylation is 1. The van der Waals surface area contributed by atoms with Gasteiger partial charge in [0.2, 0.25) is 0 Å². The highest BCUT2D eigenvalue weighted by molar-refractivity contribution is 6.03. The minimum Gasteiger partial charge on any atom is -0.478 e. The molecule has 168 valence electrons. The Morgan fingerprint density at radius 3 is 2.62 bits per heavy atom. The predicted octanol–water partition coefficient (Wildman–Crippen LogP) is 4.80. The van der Waals surface area contributed by atoms with Crippen LogP contribution in [0.5, 0.6) is 0 Å². The molecule has 1 aliphatic rings. The second kappa shape index (κ2) is 7.93. The van der Waals surface area contributed by atoms with E-state index in [0.29, 0.717) is 24.2 Å². The number of likely N-dealkylation sites (tertiary alicyclic amines) is 1. The number of hydrogen-bond donors (Lipinski definition) is 1. The predicted molar refractivity (Wildman–Crippen MR) is 118 cm³/mol. The summed E-state index contributed by atoms with van der Waals surface area (Å²) in [7, 11) is 1.82. The van der Waals surface area contributed by atoms with Crippen molar-refractivity contribution in [1.29, 1.82) is 0 Å². The molecule has 1 unspecified atom stereocenters. The van der Waals surface area contributed by atoms with Crippen LogP contribution in [0, 0.1) is 5.82 Å². The molecule has 7 nitrogen and oxygen atoms in total. The minimum absolute atomic E-state index is 0.0642. The molecule has 2 aromatic carbocycles. The summed E-state index contributed by atoms with van der Waals surface area (Å²) in [5, 5.41) is 14.8. The van der Waals surface area contributed by atoms with E-state index < -0.39 is 17.4 Å². The van der Waals surface area contributed by atoms with Gasteiger partial charge in [-0.3, -0.25) is 4.68 Å². The summed E-state index contributed by atoms with van der Waals surface area (Å²) >= 11 is 0. The van der Waals surface area contributed by atoms with Gasteiger partial charge in [-0.15, -0.1) is 0 Å². The fourth-order valence-corrected chi connectivity index (χ4v) is 4.18. The molecule has 32 heavy (non-hydrogen) atoms. The highest BCUT2D eigenvalue weighted by Crippen LogP contribution is 2.37. The Morgan fingerprint density at radius 1 is 1.19 bits per heavy atom. The number of benzene rings is 2. The molecule has 1 atom stereocenters. The van der Waals surface area contributed by atoms with Crippen LogP contribution in [0.25, 0.3) is 22.0 Å². The van der Waals surface area contributed by atoms with Gasteiger partial charge in [0.1, 0.15) is 11.4 Å².